The van der Waals surface area contributed by atoms with Crippen LogP contribution in [-0.2, 0) is 6.42 Å². The summed E-state index contributed by atoms with van der Waals surface area (Å²) >= 11 is 0. The molecule has 5 heteroatoms. The summed E-state index contributed by atoms with van der Waals surface area (Å²) in [5.41, 5.74) is 2.31. The quantitative estimate of drug-likeness (QED) is 0.904. The zero-order chi connectivity index (χ0) is 14.1. The fourth-order valence-electron chi connectivity index (χ4n) is 2.29. The molecule has 0 saturated carbocycles. The van der Waals surface area contributed by atoms with E-state index in [0.29, 0.717) is 23.5 Å². The number of aryl methyl sites for hydroxylation is 1. The minimum Gasteiger partial charge on any atom is -0.478 e. The van der Waals surface area contributed by atoms with Crippen molar-refractivity contribution in [1.82, 2.24) is 9.97 Å². The van der Waals surface area contributed by atoms with Crippen LogP contribution < -0.4 is 0 Å². The van der Waals surface area contributed by atoms with Gasteiger partial charge in [0.2, 0.25) is 0 Å². The van der Waals surface area contributed by atoms with Crippen molar-refractivity contribution in [2.75, 3.05) is 0 Å². The lowest BCUT2D eigenvalue weighted by molar-refractivity contribution is 0.0696. The summed E-state index contributed by atoms with van der Waals surface area (Å²) in [6.07, 6.45) is 3.91. The number of fused-ring (bicyclic) bond motifs is 1. The third kappa shape index (κ3) is 2.18. The molecule has 1 N–H and O–H groups in total. The van der Waals surface area contributed by atoms with Crippen LogP contribution in [0.2, 0.25) is 0 Å². The number of hydrogen-bond donors (Lipinski definition) is 1. The average molecular weight is 268 g/mol. The summed E-state index contributed by atoms with van der Waals surface area (Å²) in [7, 11) is 0. The molecule has 100 valence electrons. The fourth-order valence-corrected chi connectivity index (χ4v) is 2.29. The smallest absolute Gasteiger partial charge is 0.335 e. The zero-order valence-electron chi connectivity index (χ0n) is 10.7. The van der Waals surface area contributed by atoms with Crippen molar-refractivity contribution in [3.63, 3.8) is 0 Å². The molecule has 0 unspecified atom stereocenters. The summed E-state index contributed by atoms with van der Waals surface area (Å²) in [6.45, 7) is 0. The number of hydrogen-bond acceptors (Lipinski definition) is 4. The van der Waals surface area contributed by atoms with Gasteiger partial charge in [0.15, 0.2) is 11.6 Å². The van der Waals surface area contributed by atoms with Gasteiger partial charge >= 0.3 is 5.97 Å². The van der Waals surface area contributed by atoms with E-state index in [1.165, 1.54) is 12.1 Å². The zero-order valence-corrected chi connectivity index (χ0v) is 10.7. The molecule has 1 aliphatic rings. The Kier molecular flexibility index (Phi) is 3.02. The SMILES string of the molecule is O=C(O)c1ccc(-c2ncc3c(n2)C(=O)CCC3)cc1. The second-order valence-electron chi connectivity index (χ2n) is 4.73. The van der Waals surface area contributed by atoms with Gasteiger partial charge in [-0.05, 0) is 30.5 Å². The van der Waals surface area contributed by atoms with E-state index >= 15 is 0 Å². The van der Waals surface area contributed by atoms with Crippen LogP contribution in [0.3, 0.4) is 0 Å². The van der Waals surface area contributed by atoms with Gasteiger partial charge in [0.05, 0.1) is 5.56 Å². The molecule has 20 heavy (non-hydrogen) atoms. The molecular weight excluding hydrogens is 256 g/mol. The first-order chi connectivity index (χ1) is 9.65. The first-order valence-electron chi connectivity index (χ1n) is 6.38. The molecule has 5 nitrogen and oxygen atoms in total. The molecule has 0 bridgehead atoms. The maximum Gasteiger partial charge on any atom is 0.335 e. The maximum absolute atomic E-state index is 11.8. The van der Waals surface area contributed by atoms with Crippen LogP contribution in [0.25, 0.3) is 11.4 Å². The number of ketones is 1. The van der Waals surface area contributed by atoms with Crippen molar-refractivity contribution in [2.24, 2.45) is 0 Å². The largest absolute Gasteiger partial charge is 0.478 e. The molecule has 1 aromatic heterocycles. The van der Waals surface area contributed by atoms with Crippen LogP contribution >= 0.6 is 0 Å². The molecule has 1 heterocycles. The van der Waals surface area contributed by atoms with Gasteiger partial charge in [-0.1, -0.05) is 12.1 Å². The van der Waals surface area contributed by atoms with Crippen molar-refractivity contribution in [1.29, 1.82) is 0 Å². The highest BCUT2D eigenvalue weighted by Gasteiger charge is 2.20. The number of nitrogens with zero attached hydrogens (tertiary/aromatic N) is 2. The normalized spacial score (nSPS) is 13.9. The van der Waals surface area contributed by atoms with E-state index in [-0.39, 0.29) is 11.3 Å². The molecule has 0 aliphatic heterocycles. The fraction of sp³-hybridized carbons (Fsp3) is 0.200. The maximum atomic E-state index is 11.8. The highest BCUT2D eigenvalue weighted by molar-refractivity contribution is 5.96. The van der Waals surface area contributed by atoms with Crippen LogP contribution in [0.5, 0.6) is 0 Å². The number of carboxylic acid groups (broad SMARTS) is 1. The number of aromatic nitrogens is 2. The topological polar surface area (TPSA) is 80.2 Å². The summed E-state index contributed by atoms with van der Waals surface area (Å²) in [4.78, 5) is 31.2. The number of carbonyl (C=O) groups is 2. The van der Waals surface area contributed by atoms with Gasteiger partial charge in [-0.3, -0.25) is 4.79 Å². The number of aromatic carboxylic acids is 1. The number of carbonyl (C=O) groups excluding carboxylic acids is 1. The van der Waals surface area contributed by atoms with Gasteiger partial charge in [-0.2, -0.15) is 0 Å². The van der Waals surface area contributed by atoms with Gasteiger partial charge in [-0.25, -0.2) is 14.8 Å². The minimum absolute atomic E-state index is 0.0528. The molecule has 3 rings (SSSR count). The second-order valence-corrected chi connectivity index (χ2v) is 4.73. The monoisotopic (exact) mass is 268 g/mol. The Hall–Kier alpha value is -2.56. The number of rotatable bonds is 2. The van der Waals surface area contributed by atoms with Crippen LogP contribution in [0, 0.1) is 0 Å². The Morgan fingerprint density at radius 1 is 1.15 bits per heavy atom. The van der Waals surface area contributed by atoms with E-state index in [0.717, 1.165) is 18.4 Å². The van der Waals surface area contributed by atoms with Crippen LogP contribution in [0.4, 0.5) is 0 Å². The third-order valence-electron chi connectivity index (χ3n) is 3.37. The van der Waals surface area contributed by atoms with Crippen LogP contribution in [0.15, 0.2) is 30.5 Å². The second kappa shape index (κ2) is 4.85. The molecule has 0 radical (unpaired) electrons. The first-order valence-corrected chi connectivity index (χ1v) is 6.38. The van der Waals surface area contributed by atoms with Gasteiger partial charge in [0, 0.05) is 18.2 Å². The Balaban J connectivity index is 2.00. The van der Waals surface area contributed by atoms with Crippen LogP contribution in [-0.4, -0.2) is 26.8 Å². The summed E-state index contributed by atoms with van der Waals surface area (Å²) in [5, 5.41) is 8.86. The molecule has 1 aliphatic carbocycles. The predicted octanol–water partition coefficient (Wildman–Crippen LogP) is 2.36. The van der Waals surface area contributed by atoms with Gasteiger partial charge in [0.25, 0.3) is 0 Å². The molecular formula is C15H12N2O3. The van der Waals surface area contributed by atoms with E-state index in [1.54, 1.807) is 18.3 Å². The predicted molar refractivity (Wildman–Crippen MR) is 71.7 cm³/mol. The van der Waals surface area contributed by atoms with Crippen molar-refractivity contribution < 1.29 is 14.7 Å². The lowest BCUT2D eigenvalue weighted by Crippen LogP contribution is -2.14. The van der Waals surface area contributed by atoms with E-state index in [1.807, 2.05) is 0 Å². The van der Waals surface area contributed by atoms with E-state index < -0.39 is 5.97 Å². The number of Topliss-reactive ketones (excluding diaryl/α,β-unsaturated/α-hetero) is 1. The Bertz CT molecular complexity index is 693. The van der Waals surface area contributed by atoms with Crippen molar-refractivity contribution in [2.45, 2.75) is 19.3 Å². The average Bonchev–Trinajstić information content (AvgIpc) is 2.47. The highest BCUT2D eigenvalue weighted by atomic mass is 16.4. The Morgan fingerprint density at radius 2 is 1.90 bits per heavy atom. The summed E-state index contributed by atoms with van der Waals surface area (Å²) in [5.74, 6) is -0.467. The third-order valence-corrected chi connectivity index (χ3v) is 3.37. The molecule has 0 spiro atoms. The lowest BCUT2D eigenvalue weighted by Gasteiger charge is -2.13. The molecule has 1 aromatic carbocycles. The first kappa shape index (κ1) is 12.5. The highest BCUT2D eigenvalue weighted by Crippen LogP contribution is 2.22. The minimum atomic E-state index is -0.974. The van der Waals surface area contributed by atoms with Crippen molar-refractivity contribution >= 4 is 11.8 Å². The van der Waals surface area contributed by atoms with E-state index in [4.69, 9.17) is 5.11 Å². The van der Waals surface area contributed by atoms with Crippen LogP contribution in [0.1, 0.15) is 39.3 Å². The van der Waals surface area contributed by atoms with Gasteiger partial charge in [0.1, 0.15) is 5.69 Å². The lowest BCUT2D eigenvalue weighted by atomic mass is 9.96. The van der Waals surface area contributed by atoms with E-state index in [9.17, 15) is 9.59 Å². The van der Waals surface area contributed by atoms with E-state index in [2.05, 4.69) is 9.97 Å². The molecule has 2 aromatic rings. The molecule has 0 fully saturated rings. The van der Waals surface area contributed by atoms with Gasteiger partial charge < -0.3 is 5.11 Å². The summed E-state index contributed by atoms with van der Waals surface area (Å²) < 4.78 is 0. The molecule has 0 saturated heterocycles. The van der Waals surface area contributed by atoms with Crippen molar-refractivity contribution in [3.8, 4) is 11.4 Å². The number of benzene rings is 1. The van der Waals surface area contributed by atoms with Crippen molar-refractivity contribution in [3.05, 3.63) is 47.3 Å². The Labute approximate surface area is 115 Å². The molecule has 0 atom stereocenters. The summed E-state index contributed by atoms with van der Waals surface area (Å²) in [6, 6.07) is 6.31. The van der Waals surface area contributed by atoms with Gasteiger partial charge in [-0.15, -0.1) is 0 Å². The Morgan fingerprint density at radius 3 is 2.60 bits per heavy atom. The number of carboxylic acids is 1. The standard InChI is InChI=1S/C15H12N2O3/c18-12-3-1-2-11-8-16-14(17-13(11)12)9-4-6-10(7-5-9)15(19)20/h4-8H,1-3H2,(H,19,20). The molecule has 0 amide bonds.